The number of nitrogens with zero attached hydrogens (tertiary/aromatic N) is 1. The molecule has 0 aromatic heterocycles. The number of hydrogen-bond acceptors (Lipinski definition) is 1. The lowest BCUT2D eigenvalue weighted by molar-refractivity contribution is 0.588. The highest BCUT2D eigenvalue weighted by molar-refractivity contribution is 5.40. The molecule has 1 aromatic rings. The van der Waals surface area contributed by atoms with Crippen LogP contribution in [0.3, 0.4) is 0 Å². The first-order valence-electron chi connectivity index (χ1n) is 6.34. The van der Waals surface area contributed by atoms with Gasteiger partial charge in [-0.05, 0) is 54.4 Å². The van der Waals surface area contributed by atoms with E-state index in [0.717, 1.165) is 12.8 Å². The van der Waals surface area contributed by atoms with E-state index < -0.39 is 0 Å². The maximum Gasteiger partial charge on any atom is 0.0621 e. The number of unbranched alkanes of at least 4 members (excludes halogenated alkanes) is 1. The summed E-state index contributed by atoms with van der Waals surface area (Å²) < 4.78 is 0. The zero-order valence-corrected chi connectivity index (χ0v) is 11.7. The van der Waals surface area contributed by atoms with Gasteiger partial charge in [-0.3, -0.25) is 0 Å². The van der Waals surface area contributed by atoms with E-state index in [-0.39, 0.29) is 5.41 Å². The molecule has 0 aliphatic carbocycles. The molecule has 1 aromatic carbocycles. The SMILES string of the molecule is Cc1cc(C(C)(C)C)cc(C)c1CCCC#N. The molecule has 0 radical (unpaired) electrons. The van der Waals surface area contributed by atoms with Gasteiger partial charge in [0.25, 0.3) is 0 Å². The summed E-state index contributed by atoms with van der Waals surface area (Å²) in [6, 6.07) is 6.81. The monoisotopic (exact) mass is 229 g/mol. The zero-order valence-electron chi connectivity index (χ0n) is 11.7. The molecule has 1 rings (SSSR count). The van der Waals surface area contributed by atoms with Crippen molar-refractivity contribution < 1.29 is 0 Å². The van der Waals surface area contributed by atoms with E-state index in [9.17, 15) is 0 Å². The zero-order chi connectivity index (χ0) is 13.1. The standard InChI is InChI=1S/C16H23N/c1-12-10-14(16(3,4)5)11-13(2)15(12)8-6-7-9-17/h10-11H,6-8H2,1-5H3. The van der Waals surface area contributed by atoms with E-state index in [4.69, 9.17) is 5.26 Å². The van der Waals surface area contributed by atoms with Crippen molar-refractivity contribution >= 4 is 0 Å². The molecule has 0 aliphatic heterocycles. The molecule has 1 heteroatoms. The summed E-state index contributed by atoms with van der Waals surface area (Å²) in [5, 5.41) is 8.58. The predicted octanol–water partition coefficient (Wildman–Crippen LogP) is 4.45. The minimum absolute atomic E-state index is 0.209. The second-order valence-electron chi connectivity index (χ2n) is 5.85. The Kier molecular flexibility index (Phi) is 4.34. The van der Waals surface area contributed by atoms with Crippen molar-refractivity contribution in [1.82, 2.24) is 0 Å². The van der Waals surface area contributed by atoms with Crippen LogP contribution in [0, 0.1) is 25.2 Å². The Balaban J connectivity index is 2.99. The van der Waals surface area contributed by atoms with Crippen molar-refractivity contribution in [3.05, 3.63) is 34.4 Å². The highest BCUT2D eigenvalue weighted by atomic mass is 14.2. The third-order valence-corrected chi connectivity index (χ3v) is 3.28. The van der Waals surface area contributed by atoms with Crippen molar-refractivity contribution in [3.8, 4) is 6.07 Å². The van der Waals surface area contributed by atoms with Gasteiger partial charge in [-0.1, -0.05) is 32.9 Å². The Hall–Kier alpha value is -1.29. The average molecular weight is 229 g/mol. The van der Waals surface area contributed by atoms with Crippen LogP contribution in [-0.2, 0) is 11.8 Å². The van der Waals surface area contributed by atoms with E-state index in [1.165, 1.54) is 22.3 Å². The van der Waals surface area contributed by atoms with E-state index in [2.05, 4.69) is 52.8 Å². The minimum Gasteiger partial charge on any atom is -0.198 e. The van der Waals surface area contributed by atoms with Gasteiger partial charge < -0.3 is 0 Å². The number of aryl methyl sites for hydroxylation is 2. The van der Waals surface area contributed by atoms with Crippen molar-refractivity contribution in [1.29, 1.82) is 5.26 Å². The van der Waals surface area contributed by atoms with Crippen LogP contribution in [0.2, 0.25) is 0 Å². The topological polar surface area (TPSA) is 23.8 Å². The van der Waals surface area contributed by atoms with Crippen LogP contribution in [0.4, 0.5) is 0 Å². The van der Waals surface area contributed by atoms with Crippen LogP contribution in [0.1, 0.15) is 55.9 Å². The Morgan fingerprint density at radius 2 is 1.65 bits per heavy atom. The summed E-state index contributed by atoms with van der Waals surface area (Å²) in [6.45, 7) is 11.1. The summed E-state index contributed by atoms with van der Waals surface area (Å²) in [5.74, 6) is 0. The van der Waals surface area contributed by atoms with Gasteiger partial charge >= 0.3 is 0 Å². The fraction of sp³-hybridized carbons (Fsp3) is 0.562. The quantitative estimate of drug-likeness (QED) is 0.703. The first-order valence-corrected chi connectivity index (χ1v) is 6.34. The third-order valence-electron chi connectivity index (χ3n) is 3.28. The number of benzene rings is 1. The summed E-state index contributed by atoms with van der Waals surface area (Å²) in [5.41, 5.74) is 5.77. The van der Waals surface area contributed by atoms with Crippen molar-refractivity contribution in [3.63, 3.8) is 0 Å². The smallest absolute Gasteiger partial charge is 0.0621 e. The molecular formula is C16H23N. The number of rotatable bonds is 3. The first-order chi connectivity index (χ1) is 7.86. The Bertz CT molecular complexity index is 407. The highest BCUT2D eigenvalue weighted by Gasteiger charge is 2.15. The van der Waals surface area contributed by atoms with Gasteiger partial charge in [0, 0.05) is 6.42 Å². The lowest BCUT2D eigenvalue weighted by atomic mass is 9.83. The lowest BCUT2D eigenvalue weighted by Crippen LogP contribution is -2.12. The summed E-state index contributed by atoms with van der Waals surface area (Å²) in [4.78, 5) is 0. The van der Waals surface area contributed by atoms with Crippen molar-refractivity contribution in [2.45, 2.75) is 59.3 Å². The molecule has 0 fully saturated rings. The fourth-order valence-electron chi connectivity index (χ4n) is 2.16. The minimum atomic E-state index is 0.209. The molecule has 0 spiro atoms. The molecule has 92 valence electrons. The van der Waals surface area contributed by atoms with Crippen LogP contribution >= 0.6 is 0 Å². The molecule has 17 heavy (non-hydrogen) atoms. The highest BCUT2D eigenvalue weighted by Crippen LogP contribution is 2.27. The average Bonchev–Trinajstić information content (AvgIpc) is 2.20. The largest absolute Gasteiger partial charge is 0.198 e. The Morgan fingerprint density at radius 1 is 1.12 bits per heavy atom. The number of hydrogen-bond donors (Lipinski definition) is 0. The van der Waals surface area contributed by atoms with Gasteiger partial charge in [0.05, 0.1) is 6.07 Å². The lowest BCUT2D eigenvalue weighted by Gasteiger charge is -2.22. The molecule has 0 saturated carbocycles. The van der Waals surface area contributed by atoms with Crippen LogP contribution < -0.4 is 0 Å². The molecule has 0 bridgehead atoms. The van der Waals surface area contributed by atoms with Crippen LogP contribution in [0.5, 0.6) is 0 Å². The fourth-order valence-corrected chi connectivity index (χ4v) is 2.16. The predicted molar refractivity (Wildman–Crippen MR) is 73.2 cm³/mol. The Morgan fingerprint density at radius 3 is 2.06 bits per heavy atom. The molecule has 0 heterocycles. The van der Waals surface area contributed by atoms with Gasteiger partial charge in [-0.2, -0.15) is 5.26 Å². The molecular weight excluding hydrogens is 206 g/mol. The third kappa shape index (κ3) is 3.60. The summed E-state index contributed by atoms with van der Waals surface area (Å²) >= 11 is 0. The van der Waals surface area contributed by atoms with Crippen LogP contribution in [-0.4, -0.2) is 0 Å². The van der Waals surface area contributed by atoms with Gasteiger partial charge in [-0.15, -0.1) is 0 Å². The van der Waals surface area contributed by atoms with Crippen molar-refractivity contribution in [2.24, 2.45) is 0 Å². The van der Waals surface area contributed by atoms with Gasteiger partial charge in [0.2, 0.25) is 0 Å². The molecule has 0 amide bonds. The number of nitriles is 1. The van der Waals surface area contributed by atoms with E-state index in [1.54, 1.807) is 0 Å². The van der Waals surface area contributed by atoms with Crippen LogP contribution in [0.25, 0.3) is 0 Å². The molecule has 0 N–H and O–H groups in total. The van der Waals surface area contributed by atoms with Gasteiger partial charge in [-0.25, -0.2) is 0 Å². The molecule has 0 atom stereocenters. The normalized spacial score (nSPS) is 11.3. The molecule has 0 aliphatic rings. The van der Waals surface area contributed by atoms with Gasteiger partial charge in [0.15, 0.2) is 0 Å². The molecule has 0 saturated heterocycles. The van der Waals surface area contributed by atoms with E-state index >= 15 is 0 Å². The second kappa shape index (κ2) is 5.36. The van der Waals surface area contributed by atoms with Gasteiger partial charge in [0.1, 0.15) is 0 Å². The second-order valence-corrected chi connectivity index (χ2v) is 5.85. The first kappa shape index (κ1) is 13.8. The van der Waals surface area contributed by atoms with E-state index in [1.807, 2.05) is 0 Å². The summed E-state index contributed by atoms with van der Waals surface area (Å²) in [6.07, 6.45) is 2.64. The van der Waals surface area contributed by atoms with E-state index in [0.29, 0.717) is 6.42 Å². The molecule has 0 unspecified atom stereocenters. The Labute approximate surface area is 105 Å². The maximum absolute atomic E-state index is 8.58. The maximum atomic E-state index is 8.58. The van der Waals surface area contributed by atoms with Crippen molar-refractivity contribution in [2.75, 3.05) is 0 Å². The molecule has 1 nitrogen and oxygen atoms in total. The van der Waals surface area contributed by atoms with Crippen LogP contribution in [0.15, 0.2) is 12.1 Å². The summed E-state index contributed by atoms with van der Waals surface area (Å²) in [7, 11) is 0.